The van der Waals surface area contributed by atoms with E-state index in [-0.39, 0.29) is 19.1 Å². The first kappa shape index (κ1) is 16.8. The fraction of sp³-hybridized carbons (Fsp3) is 0.375. The van der Waals surface area contributed by atoms with Crippen molar-refractivity contribution >= 4 is 33.9 Å². The third-order valence-corrected chi connectivity index (χ3v) is 4.28. The molecule has 1 unspecified atom stereocenters. The maximum atomic E-state index is 12.2. The van der Waals surface area contributed by atoms with Crippen LogP contribution in [0.25, 0.3) is 6.08 Å². The van der Waals surface area contributed by atoms with E-state index in [0.717, 1.165) is 10.0 Å². The van der Waals surface area contributed by atoms with Gasteiger partial charge in [0.1, 0.15) is 13.2 Å². The summed E-state index contributed by atoms with van der Waals surface area (Å²) in [7, 11) is 0. The van der Waals surface area contributed by atoms with E-state index >= 15 is 0 Å². The minimum atomic E-state index is -1.06. The number of morpholine rings is 1. The van der Waals surface area contributed by atoms with Gasteiger partial charge in [0.25, 0.3) is 0 Å². The van der Waals surface area contributed by atoms with Crippen LogP contribution in [-0.2, 0) is 14.3 Å². The topological polar surface area (TPSA) is 85.3 Å². The molecule has 2 heterocycles. The summed E-state index contributed by atoms with van der Waals surface area (Å²) < 4.78 is 16.9. The van der Waals surface area contributed by atoms with Gasteiger partial charge in [-0.1, -0.05) is 0 Å². The van der Waals surface area contributed by atoms with Gasteiger partial charge in [0.2, 0.25) is 5.91 Å². The van der Waals surface area contributed by atoms with Crippen molar-refractivity contribution in [2.45, 2.75) is 6.10 Å². The number of carboxylic acids is 1. The highest BCUT2D eigenvalue weighted by molar-refractivity contribution is 9.10. The number of hydrogen-bond acceptors (Lipinski definition) is 5. The minimum absolute atomic E-state index is 0.0450. The third kappa shape index (κ3) is 3.70. The van der Waals surface area contributed by atoms with Crippen molar-refractivity contribution in [3.63, 3.8) is 0 Å². The van der Waals surface area contributed by atoms with Gasteiger partial charge in [-0.25, -0.2) is 4.79 Å². The number of fused-ring (bicyclic) bond motifs is 1. The number of carboxylic acid groups (broad SMARTS) is 1. The van der Waals surface area contributed by atoms with Gasteiger partial charge in [0.15, 0.2) is 17.6 Å². The molecule has 1 fully saturated rings. The Morgan fingerprint density at radius 2 is 2.04 bits per heavy atom. The molecule has 0 spiro atoms. The molecule has 1 saturated heterocycles. The first-order valence-corrected chi connectivity index (χ1v) is 8.24. The van der Waals surface area contributed by atoms with Crippen LogP contribution in [-0.4, -0.2) is 60.9 Å². The van der Waals surface area contributed by atoms with Crippen LogP contribution in [0.15, 0.2) is 22.7 Å². The summed E-state index contributed by atoms with van der Waals surface area (Å²) in [5.41, 5.74) is 0.780. The van der Waals surface area contributed by atoms with E-state index < -0.39 is 12.1 Å². The monoisotopic (exact) mass is 397 g/mol. The Bertz CT molecular complexity index is 689. The molecular formula is C16H16BrNO6. The molecule has 8 heteroatoms. The molecule has 1 atom stereocenters. The lowest BCUT2D eigenvalue weighted by molar-refractivity contribution is -0.158. The summed E-state index contributed by atoms with van der Waals surface area (Å²) in [4.78, 5) is 24.7. The Morgan fingerprint density at radius 1 is 1.25 bits per heavy atom. The zero-order valence-corrected chi connectivity index (χ0v) is 14.3. The molecule has 3 rings (SSSR count). The fourth-order valence-corrected chi connectivity index (χ4v) is 3.07. The zero-order chi connectivity index (χ0) is 17.1. The Morgan fingerprint density at radius 3 is 2.83 bits per heavy atom. The predicted molar refractivity (Wildman–Crippen MR) is 88.1 cm³/mol. The Labute approximate surface area is 146 Å². The number of hydrogen-bond donors (Lipinski definition) is 1. The molecule has 2 aliphatic heterocycles. The van der Waals surface area contributed by atoms with Crippen molar-refractivity contribution in [2.75, 3.05) is 32.9 Å². The van der Waals surface area contributed by atoms with E-state index in [2.05, 4.69) is 15.9 Å². The van der Waals surface area contributed by atoms with E-state index in [0.29, 0.717) is 31.3 Å². The van der Waals surface area contributed by atoms with Gasteiger partial charge < -0.3 is 24.2 Å². The predicted octanol–water partition coefficient (Wildman–Crippen LogP) is 1.55. The smallest absolute Gasteiger partial charge is 0.334 e. The van der Waals surface area contributed by atoms with Gasteiger partial charge >= 0.3 is 5.97 Å². The summed E-state index contributed by atoms with van der Waals surface area (Å²) in [6.07, 6.45) is 2.11. The average molecular weight is 398 g/mol. The van der Waals surface area contributed by atoms with Gasteiger partial charge in [-0.2, -0.15) is 0 Å². The second-order valence-corrected chi connectivity index (χ2v) is 6.20. The Kier molecular flexibility index (Phi) is 5.06. The number of carbonyl (C=O) groups excluding carboxylic acids is 1. The van der Waals surface area contributed by atoms with Gasteiger partial charge in [-0.05, 0) is 39.7 Å². The average Bonchev–Trinajstić information content (AvgIpc) is 2.60. The summed E-state index contributed by atoms with van der Waals surface area (Å²) in [6.45, 7) is 1.62. The first-order chi connectivity index (χ1) is 11.5. The van der Waals surface area contributed by atoms with Crippen molar-refractivity contribution in [1.29, 1.82) is 0 Å². The van der Waals surface area contributed by atoms with Crippen LogP contribution in [0.3, 0.4) is 0 Å². The third-order valence-electron chi connectivity index (χ3n) is 3.69. The van der Waals surface area contributed by atoms with Gasteiger partial charge in [0, 0.05) is 12.6 Å². The van der Waals surface area contributed by atoms with Crippen molar-refractivity contribution in [3.8, 4) is 11.5 Å². The maximum absolute atomic E-state index is 12.2. The number of aliphatic carboxylic acids is 1. The number of nitrogens with zero attached hydrogens (tertiary/aromatic N) is 1. The van der Waals surface area contributed by atoms with Crippen LogP contribution in [0.2, 0.25) is 0 Å². The Hall–Kier alpha value is -2.06. The van der Waals surface area contributed by atoms with Crippen LogP contribution >= 0.6 is 15.9 Å². The zero-order valence-electron chi connectivity index (χ0n) is 12.7. The molecule has 0 aromatic heterocycles. The van der Waals surface area contributed by atoms with Crippen molar-refractivity contribution in [2.24, 2.45) is 0 Å². The van der Waals surface area contributed by atoms with Crippen LogP contribution in [0.1, 0.15) is 5.56 Å². The molecule has 2 aliphatic rings. The molecule has 1 aromatic carbocycles. The van der Waals surface area contributed by atoms with E-state index in [1.807, 2.05) is 6.07 Å². The molecule has 1 aromatic rings. The highest BCUT2D eigenvalue weighted by Gasteiger charge is 2.28. The van der Waals surface area contributed by atoms with Crippen molar-refractivity contribution < 1.29 is 28.9 Å². The number of amides is 1. The maximum Gasteiger partial charge on any atom is 0.334 e. The van der Waals surface area contributed by atoms with Gasteiger partial charge in [-0.3, -0.25) is 4.79 Å². The SMILES string of the molecule is O=C(O)C1CN(C(=O)C=Cc2cc(Br)c3c(c2)OCCO3)CCO1. The van der Waals surface area contributed by atoms with Crippen molar-refractivity contribution in [3.05, 3.63) is 28.2 Å². The molecule has 0 saturated carbocycles. The van der Waals surface area contributed by atoms with E-state index in [4.69, 9.17) is 19.3 Å². The van der Waals surface area contributed by atoms with Gasteiger partial charge in [0.05, 0.1) is 17.6 Å². The second kappa shape index (κ2) is 7.23. The molecule has 7 nitrogen and oxygen atoms in total. The van der Waals surface area contributed by atoms with Crippen LogP contribution in [0.5, 0.6) is 11.5 Å². The summed E-state index contributed by atoms with van der Waals surface area (Å²) in [5.74, 6) is -0.0370. The standard InChI is InChI=1S/C16H16BrNO6/c17-11-7-10(8-12-15(11)24-6-5-23-12)1-2-14(19)18-3-4-22-13(9-18)16(20)21/h1-2,7-8,13H,3-6,9H2,(H,20,21). The summed E-state index contributed by atoms with van der Waals surface area (Å²) in [5, 5.41) is 8.98. The molecule has 0 bridgehead atoms. The molecule has 1 N–H and O–H groups in total. The van der Waals surface area contributed by atoms with Crippen LogP contribution in [0.4, 0.5) is 0 Å². The highest BCUT2D eigenvalue weighted by Crippen LogP contribution is 2.38. The van der Waals surface area contributed by atoms with E-state index in [1.54, 1.807) is 12.1 Å². The number of ether oxygens (including phenoxy) is 3. The number of halogens is 1. The number of carbonyl (C=O) groups is 2. The second-order valence-electron chi connectivity index (χ2n) is 5.34. The quantitative estimate of drug-likeness (QED) is 0.778. The van der Waals surface area contributed by atoms with Crippen LogP contribution in [0, 0.1) is 0 Å². The molecule has 0 aliphatic carbocycles. The number of benzene rings is 1. The molecule has 128 valence electrons. The summed E-state index contributed by atoms with van der Waals surface area (Å²) >= 11 is 3.42. The lowest BCUT2D eigenvalue weighted by atomic mass is 10.1. The van der Waals surface area contributed by atoms with Gasteiger partial charge in [-0.15, -0.1) is 0 Å². The van der Waals surface area contributed by atoms with Crippen molar-refractivity contribution in [1.82, 2.24) is 4.90 Å². The lowest BCUT2D eigenvalue weighted by Gasteiger charge is -2.30. The molecule has 24 heavy (non-hydrogen) atoms. The first-order valence-electron chi connectivity index (χ1n) is 7.45. The normalized spacial score (nSPS) is 20.2. The summed E-state index contributed by atoms with van der Waals surface area (Å²) in [6, 6.07) is 3.62. The minimum Gasteiger partial charge on any atom is -0.486 e. The van der Waals surface area contributed by atoms with Crippen LogP contribution < -0.4 is 9.47 Å². The largest absolute Gasteiger partial charge is 0.486 e. The lowest BCUT2D eigenvalue weighted by Crippen LogP contribution is -2.48. The molecular weight excluding hydrogens is 382 g/mol. The Balaban J connectivity index is 1.70. The van der Waals surface area contributed by atoms with E-state index in [9.17, 15) is 9.59 Å². The number of rotatable bonds is 3. The van der Waals surface area contributed by atoms with E-state index in [1.165, 1.54) is 11.0 Å². The molecule has 1 amide bonds. The highest BCUT2D eigenvalue weighted by atomic mass is 79.9. The molecule has 0 radical (unpaired) electrons. The fourth-order valence-electron chi connectivity index (χ4n) is 2.50.